The van der Waals surface area contributed by atoms with E-state index in [1.165, 1.54) is 17.7 Å². The van der Waals surface area contributed by atoms with E-state index in [0.717, 1.165) is 18.8 Å². The fraction of sp³-hybridized carbons (Fsp3) is 0.316. The Morgan fingerprint density at radius 2 is 1.76 bits per heavy atom. The van der Waals surface area contributed by atoms with Crippen molar-refractivity contribution in [2.45, 2.75) is 13.5 Å². The van der Waals surface area contributed by atoms with Gasteiger partial charge in [-0.15, -0.1) is 0 Å². The summed E-state index contributed by atoms with van der Waals surface area (Å²) in [6.07, 6.45) is 0. The minimum atomic E-state index is -2.90. The number of rotatable bonds is 4. The smallest absolute Gasteiger partial charge is 0.387 e. The molecule has 0 N–H and O–H groups in total. The van der Waals surface area contributed by atoms with Crippen LogP contribution in [-0.2, 0) is 0 Å². The summed E-state index contributed by atoms with van der Waals surface area (Å²) in [7, 11) is 0. The van der Waals surface area contributed by atoms with Crippen LogP contribution < -0.4 is 9.64 Å². The Hall–Kier alpha value is -2.63. The molecule has 132 valence electrons. The van der Waals surface area contributed by atoms with Gasteiger partial charge >= 0.3 is 6.61 Å². The summed E-state index contributed by atoms with van der Waals surface area (Å²) in [5.74, 6) is -0.164. The van der Waals surface area contributed by atoms with Gasteiger partial charge in [-0.3, -0.25) is 4.79 Å². The average Bonchev–Trinajstić information content (AvgIpc) is 2.61. The molecule has 0 radical (unpaired) electrons. The first kappa shape index (κ1) is 17.2. The van der Waals surface area contributed by atoms with Crippen molar-refractivity contribution in [2.75, 3.05) is 31.1 Å². The second kappa shape index (κ2) is 7.51. The van der Waals surface area contributed by atoms with Crippen molar-refractivity contribution in [3.63, 3.8) is 0 Å². The zero-order chi connectivity index (χ0) is 17.8. The molecule has 3 rings (SSSR count). The van der Waals surface area contributed by atoms with Crippen molar-refractivity contribution in [3.8, 4) is 5.75 Å². The maximum Gasteiger partial charge on any atom is 0.387 e. The van der Waals surface area contributed by atoms with Crippen molar-refractivity contribution in [2.24, 2.45) is 0 Å². The number of hydrogen-bond acceptors (Lipinski definition) is 3. The molecule has 1 fully saturated rings. The number of alkyl halides is 2. The second-order valence-electron chi connectivity index (χ2n) is 6.02. The summed E-state index contributed by atoms with van der Waals surface area (Å²) in [5.41, 5.74) is 2.72. The van der Waals surface area contributed by atoms with Gasteiger partial charge in [-0.1, -0.05) is 18.2 Å². The van der Waals surface area contributed by atoms with Crippen LogP contribution in [0.2, 0.25) is 0 Å². The largest absolute Gasteiger partial charge is 0.435 e. The Bertz CT molecular complexity index is 744. The average molecular weight is 346 g/mol. The number of benzene rings is 2. The van der Waals surface area contributed by atoms with Crippen molar-refractivity contribution in [1.82, 2.24) is 4.90 Å². The first-order chi connectivity index (χ1) is 12.0. The van der Waals surface area contributed by atoms with E-state index in [9.17, 15) is 13.6 Å². The molecule has 0 aliphatic carbocycles. The van der Waals surface area contributed by atoms with E-state index < -0.39 is 6.61 Å². The minimum Gasteiger partial charge on any atom is -0.435 e. The van der Waals surface area contributed by atoms with Crippen molar-refractivity contribution in [3.05, 3.63) is 59.7 Å². The van der Waals surface area contributed by atoms with E-state index in [4.69, 9.17) is 0 Å². The SMILES string of the molecule is Cc1cccc(N2CCN(C(=O)c3cccc(OC(F)F)c3)CC2)c1. The van der Waals surface area contributed by atoms with Crippen LogP contribution in [0.4, 0.5) is 14.5 Å². The number of hydrogen-bond donors (Lipinski definition) is 0. The fourth-order valence-electron chi connectivity index (χ4n) is 2.98. The molecule has 2 aromatic carbocycles. The summed E-state index contributed by atoms with van der Waals surface area (Å²) in [4.78, 5) is 16.6. The summed E-state index contributed by atoms with van der Waals surface area (Å²) in [6, 6.07) is 14.2. The van der Waals surface area contributed by atoms with Crippen LogP contribution in [0.1, 0.15) is 15.9 Å². The second-order valence-corrected chi connectivity index (χ2v) is 6.02. The number of piperazine rings is 1. The van der Waals surface area contributed by atoms with Crippen molar-refractivity contribution in [1.29, 1.82) is 0 Å². The maximum absolute atomic E-state index is 12.6. The molecule has 25 heavy (non-hydrogen) atoms. The molecule has 1 aliphatic heterocycles. The summed E-state index contributed by atoms with van der Waals surface area (Å²) < 4.78 is 29.0. The molecule has 0 atom stereocenters. The summed E-state index contributed by atoms with van der Waals surface area (Å²) in [5, 5.41) is 0. The topological polar surface area (TPSA) is 32.8 Å². The van der Waals surface area contributed by atoms with Crippen molar-refractivity contribution < 1.29 is 18.3 Å². The zero-order valence-corrected chi connectivity index (χ0v) is 14.0. The molecule has 0 bridgehead atoms. The molecule has 0 aromatic heterocycles. The number of carbonyl (C=O) groups is 1. The molecule has 4 nitrogen and oxygen atoms in total. The van der Waals surface area contributed by atoms with E-state index in [1.807, 2.05) is 6.07 Å². The zero-order valence-electron chi connectivity index (χ0n) is 14.0. The molecule has 0 unspecified atom stereocenters. The van der Waals surface area contributed by atoms with E-state index >= 15 is 0 Å². The fourth-order valence-corrected chi connectivity index (χ4v) is 2.98. The van der Waals surface area contributed by atoms with Gasteiger partial charge < -0.3 is 14.5 Å². The number of aryl methyl sites for hydroxylation is 1. The number of anilines is 1. The van der Waals surface area contributed by atoms with Crippen LogP contribution in [0.25, 0.3) is 0 Å². The molecule has 1 heterocycles. The molecular weight excluding hydrogens is 326 g/mol. The number of halogens is 2. The Labute approximate surface area is 145 Å². The third-order valence-electron chi connectivity index (χ3n) is 4.24. The Balaban J connectivity index is 1.63. The predicted octanol–water partition coefficient (Wildman–Crippen LogP) is 3.56. The van der Waals surface area contributed by atoms with Gasteiger partial charge in [0.25, 0.3) is 5.91 Å². The van der Waals surface area contributed by atoms with E-state index in [-0.39, 0.29) is 11.7 Å². The van der Waals surface area contributed by atoms with Gasteiger partial charge in [0.1, 0.15) is 5.75 Å². The van der Waals surface area contributed by atoms with Crippen LogP contribution >= 0.6 is 0 Å². The van der Waals surface area contributed by atoms with Gasteiger partial charge in [0.2, 0.25) is 0 Å². The molecule has 0 spiro atoms. The quantitative estimate of drug-likeness (QED) is 0.849. The lowest BCUT2D eigenvalue weighted by molar-refractivity contribution is -0.0499. The first-order valence-electron chi connectivity index (χ1n) is 8.19. The first-order valence-corrected chi connectivity index (χ1v) is 8.19. The van der Waals surface area contributed by atoms with E-state index in [0.29, 0.717) is 18.7 Å². The highest BCUT2D eigenvalue weighted by Crippen LogP contribution is 2.20. The molecular formula is C19H20F2N2O2. The summed E-state index contributed by atoms with van der Waals surface area (Å²) in [6.45, 7) is 1.81. The highest BCUT2D eigenvalue weighted by atomic mass is 19.3. The van der Waals surface area contributed by atoms with Crippen LogP contribution in [0, 0.1) is 6.92 Å². The molecule has 1 saturated heterocycles. The lowest BCUT2D eigenvalue weighted by atomic mass is 10.1. The number of nitrogens with zero attached hydrogens (tertiary/aromatic N) is 2. The van der Waals surface area contributed by atoms with Crippen LogP contribution in [0.3, 0.4) is 0 Å². The maximum atomic E-state index is 12.6. The molecule has 2 aromatic rings. The number of carbonyl (C=O) groups excluding carboxylic acids is 1. The Morgan fingerprint density at radius 1 is 1.04 bits per heavy atom. The lowest BCUT2D eigenvalue weighted by Gasteiger charge is -2.36. The third-order valence-corrected chi connectivity index (χ3v) is 4.24. The van der Waals surface area contributed by atoms with Gasteiger partial charge in [-0.25, -0.2) is 0 Å². The molecule has 1 amide bonds. The molecule has 0 saturated carbocycles. The Morgan fingerprint density at radius 3 is 2.44 bits per heavy atom. The van der Waals surface area contributed by atoms with Gasteiger partial charge in [-0.2, -0.15) is 8.78 Å². The van der Waals surface area contributed by atoms with Gasteiger partial charge in [0.05, 0.1) is 0 Å². The Kier molecular flexibility index (Phi) is 5.16. The predicted molar refractivity (Wildman–Crippen MR) is 92.4 cm³/mol. The molecule has 6 heteroatoms. The third kappa shape index (κ3) is 4.26. The summed E-state index contributed by atoms with van der Waals surface area (Å²) >= 11 is 0. The van der Waals surface area contributed by atoms with Crippen molar-refractivity contribution >= 4 is 11.6 Å². The van der Waals surface area contributed by atoms with Crippen LogP contribution in [0.5, 0.6) is 5.75 Å². The monoisotopic (exact) mass is 346 g/mol. The molecule has 1 aliphatic rings. The standard InChI is InChI=1S/C19H20F2N2O2/c1-14-4-2-6-16(12-14)22-8-10-23(11-9-22)18(24)15-5-3-7-17(13-15)25-19(20)21/h2-7,12-13,19H,8-11H2,1H3. The van der Waals surface area contributed by atoms with E-state index in [1.54, 1.807) is 17.0 Å². The van der Waals surface area contributed by atoms with E-state index in [2.05, 4.69) is 34.8 Å². The van der Waals surface area contributed by atoms with Crippen LogP contribution in [0.15, 0.2) is 48.5 Å². The van der Waals surface area contributed by atoms with Gasteiger partial charge in [0, 0.05) is 37.4 Å². The highest BCUT2D eigenvalue weighted by molar-refractivity contribution is 5.94. The number of amides is 1. The van der Waals surface area contributed by atoms with Gasteiger partial charge in [-0.05, 0) is 42.8 Å². The lowest BCUT2D eigenvalue weighted by Crippen LogP contribution is -2.48. The highest BCUT2D eigenvalue weighted by Gasteiger charge is 2.22. The van der Waals surface area contributed by atoms with Crippen LogP contribution in [-0.4, -0.2) is 43.6 Å². The minimum absolute atomic E-state index is 0.000697. The number of ether oxygens (including phenoxy) is 1. The normalized spacial score (nSPS) is 14.7. The van der Waals surface area contributed by atoms with Gasteiger partial charge in [0.15, 0.2) is 0 Å².